The molecule has 172 valence electrons. The molecule has 0 saturated carbocycles. The average Bonchev–Trinajstić information content (AvgIpc) is 2.79. The predicted octanol–water partition coefficient (Wildman–Crippen LogP) is 2.06. The minimum Gasteiger partial charge on any atom is -0.292 e. The number of nitrogens with zero attached hydrogens (tertiary/aromatic N) is 2. The Morgan fingerprint density at radius 2 is 1.62 bits per heavy atom. The summed E-state index contributed by atoms with van der Waals surface area (Å²) in [4.78, 5) is 26.4. The van der Waals surface area contributed by atoms with Crippen molar-refractivity contribution < 1.29 is 18.0 Å². The zero-order valence-corrected chi connectivity index (χ0v) is 19.5. The van der Waals surface area contributed by atoms with Gasteiger partial charge in [0.15, 0.2) is 0 Å². The number of amides is 2. The van der Waals surface area contributed by atoms with Crippen molar-refractivity contribution in [2.24, 2.45) is 0 Å². The normalized spacial score (nSPS) is 15.3. The van der Waals surface area contributed by atoms with Gasteiger partial charge in [-0.3, -0.25) is 25.3 Å². The molecule has 2 amide bonds. The third kappa shape index (κ3) is 6.07. The summed E-state index contributed by atoms with van der Waals surface area (Å²) in [6.45, 7) is 3.54. The number of benzene rings is 2. The number of hydrogen-bond acceptors (Lipinski definition) is 5. The fourth-order valence-corrected chi connectivity index (χ4v) is 5.12. The summed E-state index contributed by atoms with van der Waals surface area (Å²) in [5.74, 6) is -0.905. The Morgan fingerprint density at radius 3 is 2.25 bits per heavy atom. The highest BCUT2D eigenvalue weighted by Gasteiger charge is 2.29. The molecule has 3 rings (SSSR count). The number of hydrogen-bond donors (Lipinski definition) is 2. The highest BCUT2D eigenvalue weighted by Crippen LogP contribution is 2.19. The molecule has 1 aliphatic heterocycles. The molecule has 0 radical (unpaired) electrons. The fraction of sp³-hybridized carbons (Fsp3) is 0.364. The first-order valence-corrected chi connectivity index (χ1v) is 12.3. The second kappa shape index (κ2) is 10.9. The first-order chi connectivity index (χ1) is 15.3. The molecule has 0 aromatic heterocycles. The number of carbonyl (C=O) groups excluding carboxylic acids is 2. The zero-order chi connectivity index (χ0) is 23.1. The molecular weight excluding hydrogens is 452 g/mol. The molecule has 2 aromatic rings. The standard InChI is InChI=1S/C22H27ClN4O4S/c1-2-5-17-8-10-18(11-9-17)32(30,31)27-14-12-26(13-15-27)16-21(28)24-25-22(29)19-6-3-4-7-20(19)23/h3-4,6-11H,2,5,12-16H2,1H3,(H,24,28)(H,25,29). The third-order valence-corrected chi connectivity index (χ3v) is 7.47. The van der Waals surface area contributed by atoms with Gasteiger partial charge in [-0.05, 0) is 36.2 Å². The van der Waals surface area contributed by atoms with E-state index in [9.17, 15) is 18.0 Å². The molecule has 0 atom stereocenters. The van der Waals surface area contributed by atoms with Crippen molar-refractivity contribution in [3.05, 3.63) is 64.7 Å². The van der Waals surface area contributed by atoms with Gasteiger partial charge in [-0.1, -0.05) is 49.2 Å². The van der Waals surface area contributed by atoms with Gasteiger partial charge in [-0.15, -0.1) is 0 Å². The van der Waals surface area contributed by atoms with Crippen LogP contribution < -0.4 is 10.9 Å². The Bertz CT molecular complexity index is 1050. The van der Waals surface area contributed by atoms with Crippen LogP contribution in [0.4, 0.5) is 0 Å². The van der Waals surface area contributed by atoms with Crippen molar-refractivity contribution in [1.82, 2.24) is 20.1 Å². The molecule has 1 fully saturated rings. The molecule has 2 aromatic carbocycles. The lowest BCUT2D eigenvalue weighted by molar-refractivity contribution is -0.123. The molecule has 10 heteroatoms. The molecular formula is C22H27ClN4O4S. The van der Waals surface area contributed by atoms with Crippen molar-refractivity contribution >= 4 is 33.4 Å². The van der Waals surface area contributed by atoms with Crippen LogP contribution in [0, 0.1) is 0 Å². The van der Waals surface area contributed by atoms with Crippen LogP contribution >= 0.6 is 11.6 Å². The second-order valence-corrected chi connectivity index (χ2v) is 9.90. The molecule has 0 bridgehead atoms. The van der Waals surface area contributed by atoms with Crippen molar-refractivity contribution in [2.45, 2.75) is 24.7 Å². The van der Waals surface area contributed by atoms with Crippen LogP contribution in [-0.2, 0) is 21.2 Å². The van der Waals surface area contributed by atoms with Gasteiger partial charge in [0.2, 0.25) is 10.0 Å². The molecule has 2 N–H and O–H groups in total. The maximum Gasteiger partial charge on any atom is 0.271 e. The smallest absolute Gasteiger partial charge is 0.271 e. The minimum atomic E-state index is -3.57. The number of carbonyl (C=O) groups is 2. The SMILES string of the molecule is CCCc1ccc(S(=O)(=O)N2CCN(CC(=O)NNC(=O)c3ccccc3Cl)CC2)cc1. The van der Waals surface area contributed by atoms with E-state index in [0.717, 1.165) is 18.4 Å². The molecule has 0 unspecified atom stereocenters. The van der Waals surface area contributed by atoms with E-state index in [4.69, 9.17) is 11.6 Å². The quantitative estimate of drug-likeness (QED) is 0.593. The maximum absolute atomic E-state index is 12.9. The summed E-state index contributed by atoms with van der Waals surface area (Å²) in [5.41, 5.74) is 6.08. The van der Waals surface area contributed by atoms with Gasteiger partial charge in [0.05, 0.1) is 22.0 Å². The van der Waals surface area contributed by atoms with E-state index in [1.807, 2.05) is 17.0 Å². The van der Waals surface area contributed by atoms with Crippen LogP contribution in [-0.4, -0.2) is 62.2 Å². The van der Waals surface area contributed by atoms with Gasteiger partial charge in [-0.2, -0.15) is 4.31 Å². The first kappa shape index (κ1) is 24.2. The predicted molar refractivity (Wildman–Crippen MR) is 123 cm³/mol. The first-order valence-electron chi connectivity index (χ1n) is 10.5. The summed E-state index contributed by atoms with van der Waals surface area (Å²) in [6, 6.07) is 13.5. The summed E-state index contributed by atoms with van der Waals surface area (Å²) in [7, 11) is -3.57. The van der Waals surface area contributed by atoms with E-state index >= 15 is 0 Å². The zero-order valence-electron chi connectivity index (χ0n) is 17.9. The Hall–Kier alpha value is -2.46. The Morgan fingerprint density at radius 1 is 0.969 bits per heavy atom. The number of rotatable bonds is 7. The molecule has 32 heavy (non-hydrogen) atoms. The van der Waals surface area contributed by atoms with Gasteiger partial charge in [0.25, 0.3) is 11.8 Å². The molecule has 0 spiro atoms. The van der Waals surface area contributed by atoms with E-state index in [-0.39, 0.29) is 35.1 Å². The number of halogens is 1. The lowest BCUT2D eigenvalue weighted by Crippen LogP contribution is -2.52. The summed E-state index contributed by atoms with van der Waals surface area (Å²) >= 11 is 5.97. The Kier molecular flexibility index (Phi) is 8.25. The van der Waals surface area contributed by atoms with E-state index in [1.165, 1.54) is 4.31 Å². The van der Waals surface area contributed by atoms with E-state index < -0.39 is 21.8 Å². The van der Waals surface area contributed by atoms with Crippen molar-refractivity contribution in [1.29, 1.82) is 0 Å². The van der Waals surface area contributed by atoms with Crippen molar-refractivity contribution in [3.8, 4) is 0 Å². The number of nitrogens with one attached hydrogen (secondary N) is 2. The van der Waals surface area contributed by atoms with Crippen molar-refractivity contribution in [2.75, 3.05) is 32.7 Å². The van der Waals surface area contributed by atoms with E-state index in [0.29, 0.717) is 13.1 Å². The summed E-state index contributed by atoms with van der Waals surface area (Å²) in [5, 5.41) is 0.289. The second-order valence-electron chi connectivity index (χ2n) is 7.56. The monoisotopic (exact) mass is 478 g/mol. The van der Waals surface area contributed by atoms with Crippen LogP contribution in [0.15, 0.2) is 53.4 Å². The van der Waals surface area contributed by atoms with Crippen LogP contribution in [0.5, 0.6) is 0 Å². The molecule has 1 heterocycles. The lowest BCUT2D eigenvalue weighted by Gasteiger charge is -2.33. The minimum absolute atomic E-state index is 0.0441. The van der Waals surface area contributed by atoms with Crippen LogP contribution in [0.1, 0.15) is 29.3 Å². The summed E-state index contributed by atoms with van der Waals surface area (Å²) in [6.07, 6.45) is 1.92. The van der Waals surface area contributed by atoms with Crippen LogP contribution in [0.25, 0.3) is 0 Å². The molecule has 8 nitrogen and oxygen atoms in total. The van der Waals surface area contributed by atoms with E-state index in [2.05, 4.69) is 17.8 Å². The Labute approximate surface area is 193 Å². The van der Waals surface area contributed by atoms with Gasteiger partial charge in [0.1, 0.15) is 0 Å². The number of piperazine rings is 1. The number of hydrazine groups is 1. The molecule has 1 aliphatic rings. The molecule has 0 aliphatic carbocycles. The van der Waals surface area contributed by atoms with Crippen LogP contribution in [0.3, 0.4) is 0 Å². The van der Waals surface area contributed by atoms with Gasteiger partial charge < -0.3 is 0 Å². The van der Waals surface area contributed by atoms with Gasteiger partial charge in [-0.25, -0.2) is 8.42 Å². The lowest BCUT2D eigenvalue weighted by atomic mass is 10.1. The number of sulfonamides is 1. The van der Waals surface area contributed by atoms with Gasteiger partial charge in [0, 0.05) is 26.2 Å². The largest absolute Gasteiger partial charge is 0.292 e. The fourth-order valence-electron chi connectivity index (χ4n) is 3.48. The average molecular weight is 479 g/mol. The number of aryl methyl sites for hydroxylation is 1. The van der Waals surface area contributed by atoms with Crippen LogP contribution in [0.2, 0.25) is 5.02 Å². The van der Waals surface area contributed by atoms with Crippen molar-refractivity contribution in [3.63, 3.8) is 0 Å². The third-order valence-electron chi connectivity index (χ3n) is 5.23. The highest BCUT2D eigenvalue weighted by molar-refractivity contribution is 7.89. The highest BCUT2D eigenvalue weighted by atomic mass is 35.5. The molecule has 1 saturated heterocycles. The summed E-state index contributed by atoms with van der Waals surface area (Å²) < 4.78 is 27.2. The maximum atomic E-state index is 12.9. The van der Waals surface area contributed by atoms with Gasteiger partial charge >= 0.3 is 0 Å². The topological polar surface area (TPSA) is 98.8 Å². The Balaban J connectivity index is 1.47. The van der Waals surface area contributed by atoms with E-state index in [1.54, 1.807) is 36.4 Å².